The van der Waals surface area contributed by atoms with E-state index in [-0.39, 0.29) is 0 Å². The van der Waals surface area contributed by atoms with Crippen molar-refractivity contribution in [2.45, 2.75) is 31.3 Å². The summed E-state index contributed by atoms with van der Waals surface area (Å²) >= 11 is 0. The molecule has 6 nitrogen and oxygen atoms in total. The van der Waals surface area contributed by atoms with Crippen molar-refractivity contribution >= 4 is 6.29 Å². The van der Waals surface area contributed by atoms with Crippen molar-refractivity contribution in [3.63, 3.8) is 0 Å². The highest BCUT2D eigenvalue weighted by Gasteiger charge is 2.29. The number of aliphatic hydroxyl groups excluding tert-OH is 4. The Hall–Kier alpha value is -0.690. The minimum Gasteiger partial charge on any atom is -0.463 e. The summed E-state index contributed by atoms with van der Waals surface area (Å²) in [6.45, 7) is 1.23. The van der Waals surface area contributed by atoms with Crippen LogP contribution >= 0.6 is 0 Å². The van der Waals surface area contributed by atoms with E-state index < -0.39 is 24.4 Å². The molecular formula is C6H12O6. The molecule has 6 heteroatoms. The smallest absolute Gasteiger partial charge is 0.349 e. The maximum atomic E-state index is 9.47. The van der Waals surface area contributed by atoms with Crippen LogP contribution in [0.1, 0.15) is 6.92 Å². The van der Waals surface area contributed by atoms with Crippen molar-refractivity contribution < 1.29 is 30.3 Å². The first-order valence-corrected chi connectivity index (χ1v) is 3.35. The molecule has 0 aliphatic heterocycles. The van der Waals surface area contributed by atoms with Gasteiger partial charge in [0.15, 0.2) is 6.10 Å². The van der Waals surface area contributed by atoms with E-state index in [9.17, 15) is 5.26 Å². The van der Waals surface area contributed by atoms with E-state index in [0.29, 0.717) is 6.29 Å². The van der Waals surface area contributed by atoms with Crippen molar-refractivity contribution in [1.82, 2.24) is 0 Å². The molecule has 0 aromatic rings. The van der Waals surface area contributed by atoms with Crippen molar-refractivity contribution in [2.24, 2.45) is 0 Å². The molecular weight excluding hydrogens is 168 g/mol. The Morgan fingerprint density at radius 3 is 2.00 bits per heavy atom. The lowest BCUT2D eigenvalue weighted by Crippen LogP contribution is -2.44. The van der Waals surface area contributed by atoms with Gasteiger partial charge in [-0.2, -0.15) is 4.58 Å². The van der Waals surface area contributed by atoms with E-state index in [1.165, 1.54) is 6.92 Å². The maximum Gasteiger partial charge on any atom is 0.349 e. The first kappa shape index (κ1) is 11.3. The minimum atomic E-state index is -1.64. The van der Waals surface area contributed by atoms with Gasteiger partial charge >= 0.3 is 6.29 Å². The predicted molar refractivity (Wildman–Crippen MR) is 35.8 cm³/mol. The van der Waals surface area contributed by atoms with Gasteiger partial charge in [-0.15, -0.1) is 0 Å². The van der Waals surface area contributed by atoms with Crippen LogP contribution in [0.15, 0.2) is 0 Å². The molecule has 72 valence electrons. The zero-order chi connectivity index (χ0) is 9.72. The second kappa shape index (κ2) is 5.04. The Balaban J connectivity index is 4.08. The summed E-state index contributed by atoms with van der Waals surface area (Å²) in [6, 6.07) is 0. The molecule has 0 rings (SSSR count). The zero-order valence-corrected chi connectivity index (χ0v) is 6.49. The molecule has 0 fully saturated rings. The molecule has 4 atom stereocenters. The summed E-state index contributed by atoms with van der Waals surface area (Å²) in [4.78, 5) is 0. The number of hydrogen-bond donors (Lipinski definition) is 4. The largest absolute Gasteiger partial charge is 0.463 e. The summed E-state index contributed by atoms with van der Waals surface area (Å²) < 4.78 is 3.18. The topological polar surface area (TPSA) is 115 Å². The van der Waals surface area contributed by atoms with Gasteiger partial charge in [-0.1, -0.05) is 0 Å². The van der Waals surface area contributed by atoms with E-state index in [1.807, 2.05) is 0 Å². The predicted octanol–water partition coefficient (Wildman–Crippen LogP) is -3.54. The number of aldehydes is 1. The fourth-order valence-corrected chi connectivity index (χ4v) is 0.625. The summed E-state index contributed by atoms with van der Waals surface area (Å²) in [5.74, 6) is 0. The van der Waals surface area contributed by atoms with Crippen LogP contribution in [0.25, 0.3) is 0 Å². The van der Waals surface area contributed by atoms with Gasteiger partial charge in [0, 0.05) is 0 Å². The van der Waals surface area contributed by atoms with Gasteiger partial charge in [-0.3, -0.25) is 0 Å². The highest BCUT2D eigenvalue weighted by molar-refractivity contribution is 5.56. The van der Waals surface area contributed by atoms with Crippen LogP contribution in [-0.2, 0) is 4.58 Å². The number of carbonyl (C=O) groups excluding carboxylic acids is 1. The third kappa shape index (κ3) is 3.14. The Morgan fingerprint density at radius 1 is 1.17 bits per heavy atom. The molecule has 12 heavy (non-hydrogen) atoms. The van der Waals surface area contributed by atoms with Crippen LogP contribution in [0, 0.1) is 0 Å². The highest BCUT2D eigenvalue weighted by atomic mass is 17.1. The molecule has 0 aromatic carbocycles. The molecule has 0 saturated carbocycles. The van der Waals surface area contributed by atoms with Gasteiger partial charge < -0.3 is 25.7 Å². The van der Waals surface area contributed by atoms with E-state index in [0.717, 1.165) is 0 Å². The third-order valence-electron chi connectivity index (χ3n) is 1.39. The normalized spacial score (nSPS) is 22.1. The second-order valence-corrected chi connectivity index (χ2v) is 2.44. The first-order valence-electron chi connectivity index (χ1n) is 3.35. The quantitative estimate of drug-likeness (QED) is 0.155. The van der Waals surface area contributed by atoms with Gasteiger partial charge in [0.1, 0.15) is 12.2 Å². The van der Waals surface area contributed by atoms with Crippen LogP contribution in [0.3, 0.4) is 0 Å². The monoisotopic (exact) mass is 180 g/mol. The maximum absolute atomic E-state index is 9.47. The Kier molecular flexibility index (Phi) is 4.75. The Morgan fingerprint density at radius 2 is 1.67 bits per heavy atom. The van der Waals surface area contributed by atoms with Crippen LogP contribution < -0.4 is 5.26 Å². The van der Waals surface area contributed by atoms with Crippen LogP contribution in [0.2, 0.25) is 0 Å². The Labute approximate surface area is 68.9 Å². The minimum absolute atomic E-state index is 0.413. The fraction of sp³-hybridized carbons (Fsp3) is 0.833. The number of hydrogen-bond acceptors (Lipinski definition) is 5. The molecule has 0 amide bonds. The average Bonchev–Trinajstić information content (AvgIpc) is 2.02. The summed E-state index contributed by atoms with van der Waals surface area (Å²) in [5.41, 5.74) is 0. The third-order valence-corrected chi connectivity index (χ3v) is 1.39. The van der Waals surface area contributed by atoms with Gasteiger partial charge in [0.25, 0.3) is 0 Å². The van der Waals surface area contributed by atoms with E-state index in [1.54, 1.807) is 0 Å². The lowest BCUT2D eigenvalue weighted by atomic mass is 10.1. The summed E-state index contributed by atoms with van der Waals surface area (Å²) in [7, 11) is 0. The lowest BCUT2D eigenvalue weighted by Gasteiger charge is -2.20. The molecule has 0 radical (unpaired) electrons. The Bertz CT molecular complexity index is 145. The molecule has 0 bridgehead atoms. The van der Waals surface area contributed by atoms with E-state index in [2.05, 4.69) is 4.58 Å². The highest BCUT2D eigenvalue weighted by Crippen LogP contribution is 2.02. The second-order valence-electron chi connectivity index (χ2n) is 2.44. The molecule has 0 heterocycles. The number of rotatable bonds is 4. The van der Waals surface area contributed by atoms with Gasteiger partial charge in [-0.05, 0) is 6.92 Å². The van der Waals surface area contributed by atoms with Gasteiger partial charge in [0.2, 0.25) is 0 Å². The van der Waals surface area contributed by atoms with Crippen molar-refractivity contribution in [1.29, 1.82) is 0 Å². The van der Waals surface area contributed by atoms with Gasteiger partial charge in [-0.25, -0.2) is 0 Å². The van der Waals surface area contributed by atoms with Gasteiger partial charge in [0.05, 0.1) is 6.10 Å². The van der Waals surface area contributed by atoms with Crippen molar-refractivity contribution in [2.75, 3.05) is 0 Å². The zero-order valence-electron chi connectivity index (χ0n) is 6.49. The van der Waals surface area contributed by atoms with E-state index >= 15 is 0 Å². The first-order chi connectivity index (χ1) is 5.50. The van der Waals surface area contributed by atoms with Crippen LogP contribution in [0.5, 0.6) is 0 Å². The van der Waals surface area contributed by atoms with Crippen LogP contribution in [0.4, 0.5) is 0 Å². The van der Waals surface area contributed by atoms with E-state index in [4.69, 9.17) is 20.4 Å². The molecule has 0 aliphatic carbocycles. The summed E-state index contributed by atoms with van der Waals surface area (Å²) in [5, 5.41) is 45.0. The van der Waals surface area contributed by atoms with Crippen molar-refractivity contribution in [3.8, 4) is 0 Å². The molecule has 0 aromatic heterocycles. The average molecular weight is 180 g/mol. The van der Waals surface area contributed by atoms with Crippen LogP contribution in [-0.4, -0.2) is 51.1 Å². The molecule has 0 spiro atoms. The molecule has 0 unspecified atom stereocenters. The fourth-order valence-electron chi connectivity index (χ4n) is 0.625. The molecule has 4 N–H and O–H groups in total. The lowest BCUT2D eigenvalue weighted by molar-refractivity contribution is -1.04. The molecule has 0 saturated heterocycles. The van der Waals surface area contributed by atoms with Crippen molar-refractivity contribution in [3.05, 3.63) is 0 Å². The summed E-state index contributed by atoms with van der Waals surface area (Å²) in [6.07, 6.45) is -5.57. The molecule has 0 aliphatic rings. The SMILES string of the molecule is C[C@H](O)[C@H](O)[C@@H](O)[C@@H](O)C=[O+][O-]. The number of aliphatic hydroxyl groups is 4. The standard InChI is InChI=1S/C6H12O6/c1-3(7)5(9)6(10)4(8)2-12-11/h2-10H,1H3/t3-,4-,5-,6-/m0/s1.